The van der Waals surface area contributed by atoms with Crippen LogP contribution in [-0.2, 0) is 24.3 Å². The fourth-order valence-corrected chi connectivity index (χ4v) is 4.84. The molecule has 1 aromatic rings. The van der Waals surface area contributed by atoms with Crippen LogP contribution in [0.2, 0.25) is 0 Å². The van der Waals surface area contributed by atoms with E-state index in [2.05, 4.69) is 17.0 Å². The third-order valence-electron chi connectivity index (χ3n) is 4.20. The number of carbonyl (C=O) groups excluding carboxylic acids is 2. The van der Waals surface area contributed by atoms with E-state index in [0.717, 1.165) is 30.6 Å². The van der Waals surface area contributed by atoms with Crippen LogP contribution in [0.1, 0.15) is 39.0 Å². The molecule has 0 aliphatic heterocycles. The third kappa shape index (κ3) is 6.41. The second kappa shape index (κ2) is 9.30. The van der Waals surface area contributed by atoms with Gasteiger partial charge in [-0.1, -0.05) is 25.8 Å². The third-order valence-corrected chi connectivity index (χ3v) is 7.06. The minimum atomic E-state index is -3.59. The van der Waals surface area contributed by atoms with Crippen molar-refractivity contribution in [1.82, 2.24) is 10.0 Å². The Labute approximate surface area is 152 Å². The highest BCUT2D eigenvalue weighted by Crippen LogP contribution is 2.23. The summed E-state index contributed by atoms with van der Waals surface area (Å²) in [6.45, 7) is 1.70. The van der Waals surface area contributed by atoms with E-state index in [0.29, 0.717) is 5.92 Å². The highest BCUT2D eigenvalue weighted by molar-refractivity contribution is 7.91. The molecule has 140 valence electrons. The summed E-state index contributed by atoms with van der Waals surface area (Å²) in [4.78, 5) is 23.5. The highest BCUT2D eigenvalue weighted by Gasteiger charge is 2.23. The van der Waals surface area contributed by atoms with Gasteiger partial charge in [0.2, 0.25) is 10.0 Å². The van der Waals surface area contributed by atoms with Gasteiger partial charge in [0.05, 0.1) is 6.42 Å². The van der Waals surface area contributed by atoms with Gasteiger partial charge in [0.25, 0.3) is 5.91 Å². The van der Waals surface area contributed by atoms with Gasteiger partial charge in [-0.15, -0.1) is 11.3 Å². The van der Waals surface area contributed by atoms with Gasteiger partial charge in [-0.05, 0) is 30.2 Å². The lowest BCUT2D eigenvalue weighted by Gasteiger charge is -2.29. The SMILES string of the molecule is C[C@@H]1CCCC[C@H]1NC(=O)COC(=O)CCNS(=O)(=O)c1cccs1. The van der Waals surface area contributed by atoms with Crippen molar-refractivity contribution in [3.63, 3.8) is 0 Å². The molecule has 1 aromatic heterocycles. The van der Waals surface area contributed by atoms with E-state index in [-0.39, 0.29) is 35.7 Å². The Balaban J connectivity index is 1.64. The molecule has 1 aliphatic carbocycles. The molecule has 0 unspecified atom stereocenters. The van der Waals surface area contributed by atoms with Crippen LogP contribution in [0.25, 0.3) is 0 Å². The topological polar surface area (TPSA) is 102 Å². The molecule has 2 rings (SSSR count). The molecular formula is C16H24N2O5S2. The molecule has 0 saturated heterocycles. The van der Waals surface area contributed by atoms with Gasteiger partial charge in [-0.3, -0.25) is 9.59 Å². The Bertz CT molecular complexity index is 673. The molecule has 0 radical (unpaired) electrons. The zero-order valence-electron chi connectivity index (χ0n) is 14.2. The molecule has 2 N–H and O–H groups in total. The number of amides is 1. The summed E-state index contributed by atoms with van der Waals surface area (Å²) in [5.74, 6) is -0.493. The fraction of sp³-hybridized carbons (Fsp3) is 0.625. The molecule has 1 aliphatic rings. The number of hydrogen-bond donors (Lipinski definition) is 2. The first-order valence-corrected chi connectivity index (χ1v) is 10.7. The first-order chi connectivity index (χ1) is 11.9. The van der Waals surface area contributed by atoms with E-state index in [1.54, 1.807) is 11.4 Å². The summed E-state index contributed by atoms with van der Waals surface area (Å²) >= 11 is 1.10. The molecule has 1 saturated carbocycles. The zero-order chi connectivity index (χ0) is 18.3. The Morgan fingerprint density at radius 3 is 2.76 bits per heavy atom. The number of rotatable bonds is 8. The van der Waals surface area contributed by atoms with Gasteiger partial charge < -0.3 is 10.1 Å². The summed E-state index contributed by atoms with van der Waals surface area (Å²) in [5, 5.41) is 4.56. The minimum Gasteiger partial charge on any atom is -0.456 e. The minimum absolute atomic E-state index is 0.0691. The van der Waals surface area contributed by atoms with Gasteiger partial charge >= 0.3 is 5.97 Å². The van der Waals surface area contributed by atoms with Crippen LogP contribution in [0.5, 0.6) is 0 Å². The highest BCUT2D eigenvalue weighted by atomic mass is 32.2. The largest absolute Gasteiger partial charge is 0.456 e. The number of nitrogens with one attached hydrogen (secondary N) is 2. The fourth-order valence-electron chi connectivity index (χ4n) is 2.77. The molecular weight excluding hydrogens is 364 g/mol. The van der Waals surface area contributed by atoms with Crippen LogP contribution in [0.4, 0.5) is 0 Å². The Hall–Kier alpha value is -1.45. The molecule has 7 nitrogen and oxygen atoms in total. The summed E-state index contributed by atoms with van der Waals surface area (Å²) in [5.41, 5.74) is 0. The van der Waals surface area contributed by atoms with Crippen LogP contribution in [0.15, 0.2) is 21.7 Å². The molecule has 9 heteroatoms. The summed E-state index contributed by atoms with van der Waals surface area (Å²) in [6, 6.07) is 3.26. The molecule has 1 heterocycles. The van der Waals surface area contributed by atoms with Crippen molar-refractivity contribution >= 4 is 33.2 Å². The van der Waals surface area contributed by atoms with Crippen LogP contribution in [0, 0.1) is 5.92 Å². The van der Waals surface area contributed by atoms with Crippen molar-refractivity contribution < 1.29 is 22.7 Å². The lowest BCUT2D eigenvalue weighted by Crippen LogP contribution is -2.43. The number of carbonyl (C=O) groups is 2. The van der Waals surface area contributed by atoms with Gasteiger partial charge in [-0.2, -0.15) is 0 Å². The van der Waals surface area contributed by atoms with Crippen molar-refractivity contribution in [3.05, 3.63) is 17.5 Å². The maximum absolute atomic E-state index is 11.9. The predicted molar refractivity (Wildman–Crippen MR) is 94.6 cm³/mol. The van der Waals surface area contributed by atoms with Crippen LogP contribution in [0.3, 0.4) is 0 Å². The van der Waals surface area contributed by atoms with E-state index in [1.165, 1.54) is 12.5 Å². The number of sulfonamides is 1. The van der Waals surface area contributed by atoms with Gasteiger partial charge in [-0.25, -0.2) is 13.1 Å². The van der Waals surface area contributed by atoms with E-state index in [1.807, 2.05) is 0 Å². The maximum Gasteiger partial charge on any atom is 0.307 e. The van der Waals surface area contributed by atoms with Gasteiger partial charge in [0.1, 0.15) is 4.21 Å². The van der Waals surface area contributed by atoms with E-state index in [9.17, 15) is 18.0 Å². The number of ether oxygens (including phenoxy) is 1. The zero-order valence-corrected chi connectivity index (χ0v) is 15.8. The number of esters is 1. The second-order valence-electron chi connectivity index (χ2n) is 6.18. The summed E-state index contributed by atoms with van der Waals surface area (Å²) in [7, 11) is -3.59. The van der Waals surface area contributed by atoms with E-state index >= 15 is 0 Å². The predicted octanol–water partition coefficient (Wildman–Crippen LogP) is 1.65. The monoisotopic (exact) mass is 388 g/mol. The Kier molecular flexibility index (Phi) is 7.39. The Morgan fingerprint density at radius 1 is 1.32 bits per heavy atom. The molecule has 0 bridgehead atoms. The molecule has 1 fully saturated rings. The standard InChI is InChI=1S/C16H24N2O5S2/c1-12-5-2-3-6-13(12)18-14(19)11-23-15(20)8-9-17-25(21,22)16-7-4-10-24-16/h4,7,10,12-13,17H,2-3,5-6,8-9,11H2,1H3,(H,18,19)/t12-,13-/m1/s1. The summed E-state index contributed by atoms with van der Waals surface area (Å²) in [6.07, 6.45) is 4.20. The average molecular weight is 389 g/mol. The van der Waals surface area contributed by atoms with Crippen LogP contribution in [-0.4, -0.2) is 39.5 Å². The molecule has 0 aromatic carbocycles. The van der Waals surface area contributed by atoms with Crippen LogP contribution >= 0.6 is 11.3 Å². The molecule has 1 amide bonds. The van der Waals surface area contributed by atoms with E-state index in [4.69, 9.17) is 4.74 Å². The molecule has 25 heavy (non-hydrogen) atoms. The molecule has 0 spiro atoms. The van der Waals surface area contributed by atoms with E-state index < -0.39 is 16.0 Å². The van der Waals surface area contributed by atoms with Crippen molar-refractivity contribution in [1.29, 1.82) is 0 Å². The smallest absolute Gasteiger partial charge is 0.307 e. The van der Waals surface area contributed by atoms with Crippen molar-refractivity contribution in [2.45, 2.75) is 49.3 Å². The number of thiophene rings is 1. The lowest BCUT2D eigenvalue weighted by molar-refractivity contribution is -0.148. The maximum atomic E-state index is 11.9. The van der Waals surface area contributed by atoms with Crippen LogP contribution < -0.4 is 10.0 Å². The Morgan fingerprint density at radius 2 is 2.08 bits per heavy atom. The summed E-state index contributed by atoms with van der Waals surface area (Å²) < 4.78 is 31.2. The average Bonchev–Trinajstić information content (AvgIpc) is 3.10. The van der Waals surface area contributed by atoms with Gasteiger partial charge in [0.15, 0.2) is 6.61 Å². The van der Waals surface area contributed by atoms with Crippen molar-refractivity contribution in [3.8, 4) is 0 Å². The first kappa shape index (κ1) is 19.9. The molecule has 2 atom stereocenters. The lowest BCUT2D eigenvalue weighted by atomic mass is 9.86. The normalized spacial score (nSPS) is 20.8. The second-order valence-corrected chi connectivity index (χ2v) is 9.12. The van der Waals surface area contributed by atoms with Gasteiger partial charge in [0, 0.05) is 12.6 Å². The van der Waals surface area contributed by atoms with Crippen molar-refractivity contribution in [2.24, 2.45) is 5.92 Å². The quantitative estimate of drug-likeness (QED) is 0.660. The van der Waals surface area contributed by atoms with Crippen molar-refractivity contribution in [2.75, 3.05) is 13.2 Å². The first-order valence-electron chi connectivity index (χ1n) is 8.36. The number of hydrogen-bond acceptors (Lipinski definition) is 6.